The van der Waals surface area contributed by atoms with Crippen molar-refractivity contribution in [1.29, 1.82) is 0 Å². The summed E-state index contributed by atoms with van der Waals surface area (Å²) in [5.41, 5.74) is 1.95. The molecule has 1 heteroatoms. The summed E-state index contributed by atoms with van der Waals surface area (Å²) in [7, 11) is 0. The fourth-order valence-corrected chi connectivity index (χ4v) is 3.99. The van der Waals surface area contributed by atoms with Crippen molar-refractivity contribution in [3.63, 3.8) is 0 Å². The second kappa shape index (κ2) is 5.44. The fraction of sp³-hybridized carbons (Fsp3) is 0.647. The lowest BCUT2D eigenvalue weighted by atomic mass is 9.81. The van der Waals surface area contributed by atoms with Crippen LogP contribution in [0.25, 0.3) is 0 Å². The minimum Gasteiger partial charge on any atom is -0.294 e. The van der Waals surface area contributed by atoms with E-state index < -0.39 is 0 Å². The van der Waals surface area contributed by atoms with Crippen LogP contribution in [0.3, 0.4) is 0 Å². The molecule has 1 heterocycles. The molecule has 2 aliphatic rings. The highest BCUT2D eigenvalue weighted by Gasteiger charge is 2.39. The summed E-state index contributed by atoms with van der Waals surface area (Å²) in [4.78, 5) is 2.80. The van der Waals surface area contributed by atoms with E-state index in [2.05, 4.69) is 35.2 Å². The highest BCUT2D eigenvalue weighted by atomic mass is 15.2. The molecule has 1 aromatic rings. The summed E-state index contributed by atoms with van der Waals surface area (Å²) >= 11 is 0. The van der Waals surface area contributed by atoms with E-state index in [1.807, 2.05) is 0 Å². The van der Waals surface area contributed by atoms with Crippen LogP contribution in [0.15, 0.2) is 30.3 Å². The van der Waals surface area contributed by atoms with Crippen LogP contribution in [0.2, 0.25) is 0 Å². The van der Waals surface area contributed by atoms with Gasteiger partial charge in [0, 0.05) is 5.54 Å². The highest BCUT2D eigenvalue weighted by molar-refractivity contribution is 5.25. The molecule has 3 rings (SSSR count). The van der Waals surface area contributed by atoms with Gasteiger partial charge in [-0.2, -0.15) is 0 Å². The maximum Gasteiger partial charge on any atom is 0.0460 e. The first-order chi connectivity index (χ1) is 8.92. The van der Waals surface area contributed by atoms with Gasteiger partial charge in [-0.3, -0.25) is 4.90 Å². The molecule has 1 nitrogen and oxygen atoms in total. The standard InChI is InChI=1S/C17H25N/c1-2-7-13-17(12-6-1,18-14-8-9-15-18)16-10-4-3-5-11-16/h3-5,10-11H,1-2,6-9,12-15H2. The molecule has 1 saturated heterocycles. The van der Waals surface area contributed by atoms with Crippen LogP contribution < -0.4 is 0 Å². The van der Waals surface area contributed by atoms with Crippen LogP contribution in [-0.4, -0.2) is 18.0 Å². The second-order valence-corrected chi connectivity index (χ2v) is 6.01. The number of hydrogen-bond donors (Lipinski definition) is 0. The summed E-state index contributed by atoms with van der Waals surface area (Å²) in [6.07, 6.45) is 11.2. The third kappa shape index (κ3) is 2.21. The quantitative estimate of drug-likeness (QED) is 0.699. The molecule has 0 spiro atoms. The molecule has 0 radical (unpaired) electrons. The monoisotopic (exact) mass is 243 g/mol. The summed E-state index contributed by atoms with van der Waals surface area (Å²) in [6.45, 7) is 2.63. The molecule has 0 aromatic heterocycles. The van der Waals surface area contributed by atoms with Crippen molar-refractivity contribution < 1.29 is 0 Å². The average Bonchev–Trinajstić information content (AvgIpc) is 2.85. The molecule has 1 aromatic carbocycles. The number of likely N-dealkylation sites (tertiary alicyclic amines) is 1. The van der Waals surface area contributed by atoms with Crippen LogP contribution in [-0.2, 0) is 5.54 Å². The molecule has 1 aliphatic heterocycles. The summed E-state index contributed by atoms with van der Waals surface area (Å²) < 4.78 is 0. The van der Waals surface area contributed by atoms with E-state index in [1.165, 1.54) is 64.5 Å². The summed E-state index contributed by atoms with van der Waals surface area (Å²) in [5.74, 6) is 0. The number of hydrogen-bond acceptors (Lipinski definition) is 1. The van der Waals surface area contributed by atoms with E-state index in [0.29, 0.717) is 5.54 Å². The Morgan fingerprint density at radius 3 is 1.94 bits per heavy atom. The Hall–Kier alpha value is -0.820. The molecule has 0 N–H and O–H groups in total. The van der Waals surface area contributed by atoms with Crippen molar-refractivity contribution >= 4 is 0 Å². The Balaban J connectivity index is 1.95. The molecule has 18 heavy (non-hydrogen) atoms. The van der Waals surface area contributed by atoms with Crippen molar-refractivity contribution in [1.82, 2.24) is 4.90 Å². The van der Waals surface area contributed by atoms with E-state index in [9.17, 15) is 0 Å². The zero-order chi connectivity index (χ0) is 12.3. The molecule has 0 unspecified atom stereocenters. The fourth-order valence-electron chi connectivity index (χ4n) is 3.99. The van der Waals surface area contributed by atoms with E-state index >= 15 is 0 Å². The van der Waals surface area contributed by atoms with Crippen LogP contribution in [0.4, 0.5) is 0 Å². The first kappa shape index (κ1) is 12.2. The largest absolute Gasteiger partial charge is 0.294 e. The molecular formula is C17H25N. The minimum atomic E-state index is 0.369. The third-order valence-corrected chi connectivity index (χ3v) is 4.95. The number of rotatable bonds is 2. The Morgan fingerprint density at radius 1 is 0.722 bits per heavy atom. The van der Waals surface area contributed by atoms with Gasteiger partial charge in [-0.05, 0) is 44.3 Å². The predicted molar refractivity (Wildman–Crippen MR) is 76.6 cm³/mol. The van der Waals surface area contributed by atoms with Crippen LogP contribution in [0.1, 0.15) is 56.9 Å². The molecule has 0 atom stereocenters. The van der Waals surface area contributed by atoms with Gasteiger partial charge in [0.1, 0.15) is 0 Å². The van der Waals surface area contributed by atoms with Gasteiger partial charge in [0.05, 0.1) is 0 Å². The van der Waals surface area contributed by atoms with E-state index in [0.717, 1.165) is 0 Å². The lowest BCUT2D eigenvalue weighted by Gasteiger charge is -2.42. The van der Waals surface area contributed by atoms with Gasteiger partial charge in [-0.15, -0.1) is 0 Å². The summed E-state index contributed by atoms with van der Waals surface area (Å²) in [6, 6.07) is 11.3. The molecule has 0 bridgehead atoms. The number of nitrogens with zero attached hydrogens (tertiary/aromatic N) is 1. The van der Waals surface area contributed by atoms with Crippen molar-refractivity contribution in [2.75, 3.05) is 13.1 Å². The number of benzene rings is 1. The van der Waals surface area contributed by atoms with Gasteiger partial charge in [-0.25, -0.2) is 0 Å². The van der Waals surface area contributed by atoms with Gasteiger partial charge in [-0.1, -0.05) is 56.0 Å². The van der Waals surface area contributed by atoms with E-state index in [-0.39, 0.29) is 0 Å². The Morgan fingerprint density at radius 2 is 1.33 bits per heavy atom. The molecule has 1 aliphatic carbocycles. The first-order valence-corrected chi connectivity index (χ1v) is 7.72. The van der Waals surface area contributed by atoms with Gasteiger partial charge in [0.15, 0.2) is 0 Å². The lowest BCUT2D eigenvalue weighted by Crippen LogP contribution is -2.44. The molecule has 1 saturated carbocycles. The Kier molecular flexibility index (Phi) is 3.69. The third-order valence-electron chi connectivity index (χ3n) is 4.95. The second-order valence-electron chi connectivity index (χ2n) is 6.01. The molecule has 0 amide bonds. The molecule has 2 fully saturated rings. The Bertz CT molecular complexity index is 356. The van der Waals surface area contributed by atoms with Crippen molar-refractivity contribution in [2.45, 2.75) is 56.9 Å². The van der Waals surface area contributed by atoms with Gasteiger partial charge in [0.2, 0.25) is 0 Å². The zero-order valence-corrected chi connectivity index (χ0v) is 11.4. The van der Waals surface area contributed by atoms with E-state index in [4.69, 9.17) is 0 Å². The van der Waals surface area contributed by atoms with Crippen molar-refractivity contribution in [3.8, 4) is 0 Å². The Labute approximate surface area is 111 Å². The van der Waals surface area contributed by atoms with Gasteiger partial charge < -0.3 is 0 Å². The maximum atomic E-state index is 2.80. The first-order valence-electron chi connectivity index (χ1n) is 7.72. The smallest absolute Gasteiger partial charge is 0.0460 e. The maximum absolute atomic E-state index is 2.80. The predicted octanol–water partition coefficient (Wildman–Crippen LogP) is 4.33. The average molecular weight is 243 g/mol. The van der Waals surface area contributed by atoms with Crippen LogP contribution in [0.5, 0.6) is 0 Å². The molecular weight excluding hydrogens is 218 g/mol. The topological polar surface area (TPSA) is 3.24 Å². The lowest BCUT2D eigenvalue weighted by molar-refractivity contribution is 0.0956. The van der Waals surface area contributed by atoms with E-state index in [1.54, 1.807) is 5.56 Å². The minimum absolute atomic E-state index is 0.369. The zero-order valence-electron chi connectivity index (χ0n) is 11.4. The molecule has 98 valence electrons. The van der Waals surface area contributed by atoms with Crippen LogP contribution in [0, 0.1) is 0 Å². The van der Waals surface area contributed by atoms with Crippen molar-refractivity contribution in [2.24, 2.45) is 0 Å². The van der Waals surface area contributed by atoms with Crippen molar-refractivity contribution in [3.05, 3.63) is 35.9 Å². The van der Waals surface area contributed by atoms with Gasteiger partial charge >= 0.3 is 0 Å². The highest BCUT2D eigenvalue weighted by Crippen LogP contribution is 2.42. The normalized spacial score (nSPS) is 24.9. The van der Waals surface area contributed by atoms with Crippen LogP contribution >= 0.6 is 0 Å². The van der Waals surface area contributed by atoms with Gasteiger partial charge in [0.25, 0.3) is 0 Å². The SMILES string of the molecule is c1ccc(C2(N3CCCC3)CCCCCC2)cc1. The summed E-state index contributed by atoms with van der Waals surface area (Å²) in [5, 5.41) is 0.